The highest BCUT2D eigenvalue weighted by molar-refractivity contribution is 5.71. The number of rotatable bonds is 9. The summed E-state index contributed by atoms with van der Waals surface area (Å²) in [5.74, 6) is -0.236. The summed E-state index contributed by atoms with van der Waals surface area (Å²) < 4.78 is 16.5. The summed E-state index contributed by atoms with van der Waals surface area (Å²) in [5, 5.41) is 0. The molecule has 0 saturated carbocycles. The maximum absolute atomic E-state index is 12.6. The molecule has 0 radical (unpaired) electrons. The zero-order valence-corrected chi connectivity index (χ0v) is 18.2. The molecule has 0 spiro atoms. The molecule has 0 N–H and O–H groups in total. The predicted octanol–water partition coefficient (Wildman–Crippen LogP) is 4.42. The van der Waals surface area contributed by atoms with Crippen LogP contribution in [-0.2, 0) is 25.6 Å². The Morgan fingerprint density at radius 3 is 2.25 bits per heavy atom. The van der Waals surface area contributed by atoms with Crippen LogP contribution in [0.2, 0.25) is 0 Å². The van der Waals surface area contributed by atoms with Crippen molar-refractivity contribution < 1.29 is 23.8 Å². The van der Waals surface area contributed by atoms with Crippen molar-refractivity contribution in [2.75, 3.05) is 14.2 Å². The third-order valence-electron chi connectivity index (χ3n) is 4.64. The highest BCUT2D eigenvalue weighted by atomic mass is 16.6. The molecule has 0 aliphatic heterocycles. The lowest BCUT2D eigenvalue weighted by molar-refractivity contribution is -0.159. The number of hydrogen-bond donors (Lipinski definition) is 0. The molecule has 0 unspecified atom stereocenters. The highest BCUT2D eigenvalue weighted by Gasteiger charge is 2.35. The molecular weight excluding hydrogens is 358 g/mol. The van der Waals surface area contributed by atoms with E-state index in [-0.39, 0.29) is 31.0 Å². The van der Waals surface area contributed by atoms with Gasteiger partial charge in [0.2, 0.25) is 0 Å². The van der Waals surface area contributed by atoms with Crippen molar-refractivity contribution in [2.24, 2.45) is 5.92 Å². The molecule has 1 amide bonds. The van der Waals surface area contributed by atoms with Crippen molar-refractivity contribution >= 4 is 12.1 Å². The highest BCUT2D eigenvalue weighted by Crippen LogP contribution is 2.23. The first-order valence-corrected chi connectivity index (χ1v) is 9.77. The van der Waals surface area contributed by atoms with Crippen molar-refractivity contribution in [3.63, 3.8) is 0 Å². The normalized spacial score (nSPS) is 14.7. The molecule has 0 heterocycles. The number of benzene rings is 1. The summed E-state index contributed by atoms with van der Waals surface area (Å²) in [6.45, 7) is 9.75. The molecule has 28 heavy (non-hydrogen) atoms. The van der Waals surface area contributed by atoms with Crippen LogP contribution in [-0.4, -0.2) is 48.9 Å². The minimum absolute atomic E-state index is 0.0685. The second-order valence-electron chi connectivity index (χ2n) is 8.09. The molecule has 0 saturated heterocycles. The van der Waals surface area contributed by atoms with Crippen molar-refractivity contribution in [1.82, 2.24) is 4.90 Å². The van der Waals surface area contributed by atoms with Gasteiger partial charge in [-0.25, -0.2) is 4.79 Å². The fourth-order valence-corrected chi connectivity index (χ4v) is 3.07. The minimum Gasteiger partial charge on any atom is -0.460 e. The zero-order chi connectivity index (χ0) is 21.3. The Hall–Kier alpha value is -2.08. The summed E-state index contributed by atoms with van der Waals surface area (Å²) in [6.07, 6.45) is -0.0340. The van der Waals surface area contributed by atoms with Crippen LogP contribution in [0.25, 0.3) is 0 Å². The molecule has 0 bridgehead atoms. The van der Waals surface area contributed by atoms with E-state index in [4.69, 9.17) is 14.2 Å². The number of amides is 1. The SMILES string of the molecule is CC[C@H](C)[C@@H]([C@H](CC(=O)OC(C)(C)C)OC)N(C)C(=O)OCc1ccccc1. The molecule has 0 fully saturated rings. The van der Waals surface area contributed by atoms with Gasteiger partial charge in [-0.15, -0.1) is 0 Å². The molecular formula is C22H35NO5. The van der Waals surface area contributed by atoms with Gasteiger partial charge in [-0.3, -0.25) is 4.79 Å². The van der Waals surface area contributed by atoms with Crippen LogP contribution in [0.15, 0.2) is 30.3 Å². The third kappa shape index (κ3) is 7.89. The maximum Gasteiger partial charge on any atom is 0.410 e. The standard InChI is InChI=1S/C22H35NO5/c1-8-16(2)20(18(26-7)14-19(24)28-22(3,4)5)23(6)21(25)27-15-17-12-10-9-11-13-17/h9-13,16,18,20H,8,14-15H2,1-7H3/t16-,18-,20-/m0/s1. The lowest BCUT2D eigenvalue weighted by Crippen LogP contribution is -2.50. The topological polar surface area (TPSA) is 65.1 Å². The van der Waals surface area contributed by atoms with Gasteiger partial charge in [-0.1, -0.05) is 50.6 Å². The van der Waals surface area contributed by atoms with E-state index in [0.717, 1.165) is 12.0 Å². The van der Waals surface area contributed by atoms with E-state index in [0.29, 0.717) is 0 Å². The Balaban J connectivity index is 2.85. The van der Waals surface area contributed by atoms with Crippen molar-refractivity contribution in [3.8, 4) is 0 Å². The number of nitrogens with zero attached hydrogens (tertiary/aromatic N) is 1. The van der Waals surface area contributed by atoms with Crippen LogP contribution < -0.4 is 0 Å². The second-order valence-corrected chi connectivity index (χ2v) is 8.09. The molecule has 158 valence electrons. The smallest absolute Gasteiger partial charge is 0.410 e. The number of ether oxygens (including phenoxy) is 3. The summed E-state index contributed by atoms with van der Waals surface area (Å²) in [4.78, 5) is 26.5. The van der Waals surface area contributed by atoms with Gasteiger partial charge in [0.25, 0.3) is 0 Å². The number of methoxy groups -OCH3 is 1. The first-order valence-electron chi connectivity index (χ1n) is 9.77. The first-order chi connectivity index (χ1) is 13.1. The van der Waals surface area contributed by atoms with Crippen LogP contribution in [0.4, 0.5) is 4.79 Å². The Labute approximate surface area is 169 Å². The van der Waals surface area contributed by atoms with E-state index in [2.05, 4.69) is 0 Å². The van der Waals surface area contributed by atoms with Crippen molar-refractivity contribution in [2.45, 2.75) is 71.8 Å². The van der Waals surface area contributed by atoms with Gasteiger partial charge in [0.05, 0.1) is 18.6 Å². The van der Waals surface area contributed by atoms with E-state index >= 15 is 0 Å². The largest absolute Gasteiger partial charge is 0.460 e. The van der Waals surface area contributed by atoms with E-state index < -0.39 is 17.8 Å². The Bertz CT molecular complexity index is 611. The molecule has 6 nitrogen and oxygen atoms in total. The number of esters is 1. The van der Waals surface area contributed by atoms with Gasteiger partial charge in [0.15, 0.2) is 0 Å². The fourth-order valence-electron chi connectivity index (χ4n) is 3.07. The number of carbonyl (C=O) groups is 2. The van der Waals surface area contributed by atoms with Crippen LogP contribution in [0, 0.1) is 5.92 Å². The van der Waals surface area contributed by atoms with Crippen LogP contribution >= 0.6 is 0 Å². The van der Waals surface area contributed by atoms with E-state index in [1.54, 1.807) is 14.2 Å². The van der Waals surface area contributed by atoms with Gasteiger partial charge in [0.1, 0.15) is 12.2 Å². The molecule has 6 heteroatoms. The maximum atomic E-state index is 12.6. The van der Waals surface area contributed by atoms with Gasteiger partial charge < -0.3 is 19.1 Å². The number of hydrogen-bond acceptors (Lipinski definition) is 5. The summed E-state index contributed by atoms with van der Waals surface area (Å²) in [5.41, 5.74) is 0.350. The Kier molecular flexibility index (Phi) is 9.46. The average Bonchev–Trinajstić information content (AvgIpc) is 2.64. The van der Waals surface area contributed by atoms with Crippen LogP contribution in [0.3, 0.4) is 0 Å². The molecule has 0 aliphatic rings. The van der Waals surface area contributed by atoms with Gasteiger partial charge in [-0.2, -0.15) is 0 Å². The Morgan fingerprint density at radius 1 is 1.14 bits per heavy atom. The molecule has 1 rings (SSSR count). The van der Waals surface area contributed by atoms with Crippen molar-refractivity contribution in [1.29, 1.82) is 0 Å². The number of carbonyl (C=O) groups excluding carboxylic acids is 2. The van der Waals surface area contributed by atoms with Crippen LogP contribution in [0.1, 0.15) is 53.0 Å². The van der Waals surface area contributed by atoms with E-state index in [9.17, 15) is 9.59 Å². The molecule has 3 atom stereocenters. The molecule has 0 aromatic heterocycles. The van der Waals surface area contributed by atoms with Gasteiger partial charge in [-0.05, 0) is 32.3 Å². The van der Waals surface area contributed by atoms with E-state index in [1.165, 1.54) is 4.90 Å². The minimum atomic E-state index is -0.568. The molecule has 1 aromatic carbocycles. The summed E-state index contributed by atoms with van der Waals surface area (Å²) in [7, 11) is 3.23. The lowest BCUT2D eigenvalue weighted by Gasteiger charge is -2.37. The molecule has 0 aliphatic carbocycles. The van der Waals surface area contributed by atoms with Gasteiger partial charge in [0, 0.05) is 14.2 Å². The predicted molar refractivity (Wildman–Crippen MR) is 109 cm³/mol. The van der Waals surface area contributed by atoms with Crippen molar-refractivity contribution in [3.05, 3.63) is 35.9 Å². The average molecular weight is 394 g/mol. The first kappa shape index (κ1) is 24.0. The van der Waals surface area contributed by atoms with Gasteiger partial charge >= 0.3 is 12.1 Å². The monoisotopic (exact) mass is 393 g/mol. The fraction of sp³-hybridized carbons (Fsp3) is 0.636. The third-order valence-corrected chi connectivity index (χ3v) is 4.64. The quantitative estimate of drug-likeness (QED) is 0.581. The lowest BCUT2D eigenvalue weighted by atomic mass is 9.91. The van der Waals surface area contributed by atoms with E-state index in [1.807, 2.05) is 65.0 Å². The summed E-state index contributed by atoms with van der Waals surface area (Å²) >= 11 is 0. The Morgan fingerprint density at radius 2 is 1.75 bits per heavy atom. The van der Waals surface area contributed by atoms with Crippen LogP contribution in [0.5, 0.6) is 0 Å². The second kappa shape index (κ2) is 11.1. The zero-order valence-electron chi connectivity index (χ0n) is 18.2. The number of likely N-dealkylation sites (N-methyl/N-ethyl adjacent to an activating group) is 1. The molecule has 1 aromatic rings. The summed E-state index contributed by atoms with van der Waals surface area (Å²) in [6, 6.07) is 9.20.